The van der Waals surface area contributed by atoms with Crippen molar-refractivity contribution in [3.63, 3.8) is 0 Å². The molecule has 17 heavy (non-hydrogen) atoms. The fourth-order valence-electron chi connectivity index (χ4n) is 4.80. The molecule has 0 N–H and O–H groups in total. The maximum Gasteiger partial charge on any atom is -0.0218 e. The fourth-order valence-corrected chi connectivity index (χ4v) is 4.80. The van der Waals surface area contributed by atoms with Crippen molar-refractivity contribution < 1.29 is 0 Å². The van der Waals surface area contributed by atoms with Crippen LogP contribution in [0.2, 0.25) is 0 Å². The molecular formula is C17H34. The monoisotopic (exact) mass is 238 g/mol. The van der Waals surface area contributed by atoms with E-state index in [1.807, 2.05) is 0 Å². The summed E-state index contributed by atoms with van der Waals surface area (Å²) >= 11 is 0. The van der Waals surface area contributed by atoms with Crippen molar-refractivity contribution >= 4 is 0 Å². The summed E-state index contributed by atoms with van der Waals surface area (Å²) in [4.78, 5) is 0. The van der Waals surface area contributed by atoms with Gasteiger partial charge in [0.15, 0.2) is 0 Å². The van der Waals surface area contributed by atoms with Gasteiger partial charge in [-0.2, -0.15) is 0 Å². The number of hydrogen-bond donors (Lipinski definition) is 0. The molecule has 0 heterocycles. The quantitative estimate of drug-likeness (QED) is 0.570. The van der Waals surface area contributed by atoms with Crippen molar-refractivity contribution in [1.82, 2.24) is 0 Å². The van der Waals surface area contributed by atoms with Crippen LogP contribution in [0, 0.1) is 35.0 Å². The third-order valence-electron chi connectivity index (χ3n) is 5.46. The van der Waals surface area contributed by atoms with Gasteiger partial charge in [0.1, 0.15) is 0 Å². The summed E-state index contributed by atoms with van der Waals surface area (Å²) in [6, 6.07) is 0. The number of hydrogen-bond acceptors (Lipinski definition) is 0. The van der Waals surface area contributed by atoms with Crippen LogP contribution >= 0.6 is 0 Å². The lowest BCUT2D eigenvalue weighted by Crippen LogP contribution is -2.43. The minimum Gasteiger partial charge on any atom is -0.0628 e. The van der Waals surface area contributed by atoms with Crippen molar-refractivity contribution in [3.8, 4) is 0 Å². The minimum absolute atomic E-state index is 0.573. The van der Waals surface area contributed by atoms with Gasteiger partial charge in [-0.15, -0.1) is 0 Å². The van der Waals surface area contributed by atoms with Crippen LogP contribution in [0.4, 0.5) is 0 Å². The van der Waals surface area contributed by atoms with Crippen LogP contribution in [0.15, 0.2) is 0 Å². The van der Waals surface area contributed by atoms with Gasteiger partial charge in [-0.05, 0) is 47.8 Å². The van der Waals surface area contributed by atoms with Gasteiger partial charge >= 0.3 is 0 Å². The summed E-state index contributed by atoms with van der Waals surface area (Å²) in [5, 5.41) is 0. The van der Waals surface area contributed by atoms with Crippen molar-refractivity contribution in [1.29, 1.82) is 0 Å². The van der Waals surface area contributed by atoms with E-state index in [9.17, 15) is 0 Å². The van der Waals surface area contributed by atoms with Crippen LogP contribution in [0.5, 0.6) is 0 Å². The predicted octanol–water partition coefficient (Wildman–Crippen LogP) is 5.77. The normalized spacial score (nSPS) is 26.5. The third-order valence-corrected chi connectivity index (χ3v) is 5.46. The van der Waals surface area contributed by atoms with Gasteiger partial charge in [-0.25, -0.2) is 0 Å². The zero-order chi connectivity index (χ0) is 13.2. The SMILES string of the molecule is CC(C)CC(C(C)C)(C(C)C)[C@H]1CCC[C@H]1C. The molecule has 1 saturated carbocycles. The number of rotatable bonds is 5. The van der Waals surface area contributed by atoms with Gasteiger partial charge in [-0.3, -0.25) is 0 Å². The van der Waals surface area contributed by atoms with Gasteiger partial charge in [0.2, 0.25) is 0 Å². The molecule has 0 spiro atoms. The predicted molar refractivity (Wildman–Crippen MR) is 78.1 cm³/mol. The summed E-state index contributed by atoms with van der Waals surface area (Å²) < 4.78 is 0. The van der Waals surface area contributed by atoms with E-state index < -0.39 is 0 Å². The Morgan fingerprint density at radius 3 is 1.76 bits per heavy atom. The van der Waals surface area contributed by atoms with Crippen LogP contribution in [0.25, 0.3) is 0 Å². The topological polar surface area (TPSA) is 0 Å². The van der Waals surface area contributed by atoms with Gasteiger partial charge < -0.3 is 0 Å². The molecule has 0 bridgehead atoms. The van der Waals surface area contributed by atoms with Crippen molar-refractivity contribution in [2.75, 3.05) is 0 Å². The van der Waals surface area contributed by atoms with Crippen LogP contribution < -0.4 is 0 Å². The molecular weight excluding hydrogens is 204 g/mol. The first-order chi connectivity index (χ1) is 7.82. The molecule has 0 aromatic heterocycles. The van der Waals surface area contributed by atoms with E-state index in [1.54, 1.807) is 0 Å². The molecule has 1 aliphatic rings. The zero-order valence-electron chi connectivity index (χ0n) is 13.2. The summed E-state index contributed by atoms with van der Waals surface area (Å²) in [5.74, 6) is 4.36. The highest BCUT2D eigenvalue weighted by molar-refractivity contribution is 4.96. The first-order valence-corrected chi connectivity index (χ1v) is 7.82. The van der Waals surface area contributed by atoms with Crippen LogP contribution in [0.1, 0.15) is 74.1 Å². The largest absolute Gasteiger partial charge is 0.0628 e. The molecule has 0 heteroatoms. The van der Waals surface area contributed by atoms with Gasteiger partial charge in [0.05, 0.1) is 0 Å². The Morgan fingerprint density at radius 2 is 1.47 bits per heavy atom. The van der Waals surface area contributed by atoms with E-state index in [1.165, 1.54) is 25.7 Å². The molecule has 0 unspecified atom stereocenters. The second-order valence-corrected chi connectivity index (χ2v) is 7.53. The highest BCUT2D eigenvalue weighted by Gasteiger charge is 2.47. The second-order valence-electron chi connectivity index (χ2n) is 7.53. The standard InChI is InChI=1S/C17H34/c1-12(2)11-17(13(3)4,14(5)6)16-10-8-9-15(16)7/h12-16H,8-11H2,1-7H3/t15-,16+/m1/s1. The van der Waals surface area contributed by atoms with Crippen LogP contribution in [-0.4, -0.2) is 0 Å². The van der Waals surface area contributed by atoms with Gasteiger partial charge in [0, 0.05) is 0 Å². The van der Waals surface area contributed by atoms with E-state index >= 15 is 0 Å². The summed E-state index contributed by atoms with van der Waals surface area (Å²) in [6.45, 7) is 17.2. The summed E-state index contributed by atoms with van der Waals surface area (Å²) in [6.07, 6.45) is 5.82. The Hall–Kier alpha value is 0. The smallest absolute Gasteiger partial charge is 0.0218 e. The minimum atomic E-state index is 0.573. The summed E-state index contributed by atoms with van der Waals surface area (Å²) in [7, 11) is 0. The Kier molecular flexibility index (Phi) is 5.10. The molecule has 0 aromatic rings. The Labute approximate surface area is 110 Å². The second kappa shape index (κ2) is 5.76. The molecule has 1 fully saturated rings. The molecule has 102 valence electrons. The molecule has 0 radical (unpaired) electrons. The molecule has 0 amide bonds. The van der Waals surface area contributed by atoms with Gasteiger partial charge in [-0.1, -0.05) is 61.3 Å². The molecule has 2 atom stereocenters. The van der Waals surface area contributed by atoms with Crippen molar-refractivity contribution in [2.24, 2.45) is 35.0 Å². The lowest BCUT2D eigenvalue weighted by Gasteiger charge is -2.49. The highest BCUT2D eigenvalue weighted by Crippen LogP contribution is 2.55. The molecule has 0 saturated heterocycles. The van der Waals surface area contributed by atoms with E-state index in [0.717, 1.165) is 29.6 Å². The third kappa shape index (κ3) is 2.88. The molecule has 0 aliphatic heterocycles. The van der Waals surface area contributed by atoms with Crippen molar-refractivity contribution in [3.05, 3.63) is 0 Å². The Bertz CT molecular complexity index is 216. The maximum atomic E-state index is 2.50. The maximum absolute atomic E-state index is 2.50. The van der Waals surface area contributed by atoms with E-state index in [2.05, 4.69) is 48.5 Å². The van der Waals surface area contributed by atoms with Gasteiger partial charge in [0.25, 0.3) is 0 Å². The molecule has 0 nitrogen and oxygen atoms in total. The first-order valence-electron chi connectivity index (χ1n) is 7.82. The Morgan fingerprint density at radius 1 is 0.941 bits per heavy atom. The molecule has 1 aliphatic carbocycles. The van der Waals surface area contributed by atoms with Crippen molar-refractivity contribution in [2.45, 2.75) is 74.1 Å². The highest BCUT2D eigenvalue weighted by atomic mass is 14.5. The van der Waals surface area contributed by atoms with E-state index in [0.29, 0.717) is 5.41 Å². The average Bonchev–Trinajstić information content (AvgIpc) is 2.59. The molecule has 1 rings (SSSR count). The lowest BCUT2D eigenvalue weighted by molar-refractivity contribution is -0.00814. The fraction of sp³-hybridized carbons (Fsp3) is 1.00. The lowest BCUT2D eigenvalue weighted by atomic mass is 9.55. The average molecular weight is 238 g/mol. The summed E-state index contributed by atoms with van der Waals surface area (Å²) in [5.41, 5.74) is 0.573. The van der Waals surface area contributed by atoms with Crippen LogP contribution in [0.3, 0.4) is 0 Å². The van der Waals surface area contributed by atoms with Crippen LogP contribution in [-0.2, 0) is 0 Å². The van der Waals surface area contributed by atoms with E-state index in [-0.39, 0.29) is 0 Å². The Balaban J connectivity index is 3.05. The first kappa shape index (κ1) is 15.1. The van der Waals surface area contributed by atoms with E-state index in [4.69, 9.17) is 0 Å². The zero-order valence-corrected chi connectivity index (χ0v) is 13.2. The molecule has 0 aromatic carbocycles.